The van der Waals surface area contributed by atoms with E-state index >= 15 is 0 Å². The van der Waals surface area contributed by atoms with Crippen LogP contribution in [0.1, 0.15) is 15.9 Å². The van der Waals surface area contributed by atoms with E-state index in [0.29, 0.717) is 12.1 Å². The van der Waals surface area contributed by atoms with Crippen LogP contribution in [0.25, 0.3) is 0 Å². The smallest absolute Gasteiger partial charge is 0.251 e. The molecule has 0 radical (unpaired) electrons. The SMILES string of the molecule is CSc1ccc(C(=O)NCc2cn[nH]c2)cc1. The van der Waals surface area contributed by atoms with Gasteiger partial charge in [-0.3, -0.25) is 9.89 Å². The van der Waals surface area contributed by atoms with Crippen molar-refractivity contribution < 1.29 is 4.79 Å². The Labute approximate surface area is 104 Å². The number of hydrogen-bond donors (Lipinski definition) is 2. The molecule has 4 nitrogen and oxygen atoms in total. The molecule has 0 unspecified atom stereocenters. The number of thioether (sulfide) groups is 1. The number of hydrogen-bond acceptors (Lipinski definition) is 3. The van der Waals surface area contributed by atoms with Crippen LogP contribution in [0.3, 0.4) is 0 Å². The first-order valence-corrected chi connectivity index (χ1v) is 6.42. The number of H-pyrrole nitrogens is 1. The maximum absolute atomic E-state index is 11.8. The van der Waals surface area contributed by atoms with Gasteiger partial charge >= 0.3 is 0 Å². The largest absolute Gasteiger partial charge is 0.348 e. The first kappa shape index (κ1) is 11.7. The minimum atomic E-state index is -0.0705. The highest BCUT2D eigenvalue weighted by molar-refractivity contribution is 7.98. The van der Waals surface area contributed by atoms with E-state index < -0.39 is 0 Å². The average Bonchev–Trinajstić information content (AvgIpc) is 2.89. The Morgan fingerprint density at radius 3 is 2.76 bits per heavy atom. The molecule has 1 amide bonds. The summed E-state index contributed by atoms with van der Waals surface area (Å²) in [7, 11) is 0. The maximum Gasteiger partial charge on any atom is 0.251 e. The van der Waals surface area contributed by atoms with Gasteiger partial charge in [-0.2, -0.15) is 5.10 Å². The number of carbonyl (C=O) groups excluding carboxylic acids is 1. The number of carbonyl (C=O) groups is 1. The molecule has 2 rings (SSSR count). The van der Waals surface area contributed by atoms with E-state index in [4.69, 9.17) is 0 Å². The van der Waals surface area contributed by atoms with Crippen LogP contribution in [0.5, 0.6) is 0 Å². The number of nitrogens with zero attached hydrogens (tertiary/aromatic N) is 1. The van der Waals surface area contributed by atoms with Crippen molar-refractivity contribution in [2.75, 3.05) is 6.26 Å². The van der Waals surface area contributed by atoms with E-state index in [1.807, 2.05) is 30.5 Å². The fraction of sp³-hybridized carbons (Fsp3) is 0.167. The summed E-state index contributed by atoms with van der Waals surface area (Å²) in [6, 6.07) is 7.54. The predicted molar refractivity (Wildman–Crippen MR) is 68.0 cm³/mol. The van der Waals surface area contributed by atoms with Crippen LogP contribution in [0, 0.1) is 0 Å². The van der Waals surface area contributed by atoms with Crippen molar-refractivity contribution >= 4 is 17.7 Å². The molecule has 0 atom stereocenters. The average molecular weight is 247 g/mol. The normalized spacial score (nSPS) is 10.2. The molecule has 0 aliphatic carbocycles. The van der Waals surface area contributed by atoms with Gasteiger partial charge in [0.2, 0.25) is 0 Å². The summed E-state index contributed by atoms with van der Waals surface area (Å²) in [5.74, 6) is -0.0705. The van der Waals surface area contributed by atoms with Crippen molar-refractivity contribution in [1.82, 2.24) is 15.5 Å². The van der Waals surface area contributed by atoms with Crippen molar-refractivity contribution in [1.29, 1.82) is 0 Å². The third-order valence-electron chi connectivity index (χ3n) is 2.36. The quantitative estimate of drug-likeness (QED) is 0.813. The molecule has 0 saturated carbocycles. The van der Waals surface area contributed by atoms with Gasteiger partial charge in [0.05, 0.1) is 6.20 Å². The van der Waals surface area contributed by atoms with Gasteiger partial charge in [0.25, 0.3) is 5.91 Å². The van der Waals surface area contributed by atoms with Crippen LogP contribution >= 0.6 is 11.8 Å². The van der Waals surface area contributed by atoms with Crippen molar-refractivity contribution in [2.45, 2.75) is 11.4 Å². The zero-order chi connectivity index (χ0) is 12.1. The fourth-order valence-corrected chi connectivity index (χ4v) is 1.81. The second kappa shape index (κ2) is 5.54. The molecular weight excluding hydrogens is 234 g/mol. The predicted octanol–water partition coefficient (Wildman–Crippen LogP) is 2.06. The van der Waals surface area contributed by atoms with Gasteiger partial charge in [-0.1, -0.05) is 0 Å². The number of rotatable bonds is 4. The number of aromatic nitrogens is 2. The van der Waals surface area contributed by atoms with Gasteiger partial charge in [-0.05, 0) is 30.5 Å². The zero-order valence-corrected chi connectivity index (χ0v) is 10.3. The summed E-state index contributed by atoms with van der Waals surface area (Å²) >= 11 is 1.66. The highest BCUT2D eigenvalue weighted by Gasteiger charge is 2.05. The molecule has 0 spiro atoms. The monoisotopic (exact) mass is 247 g/mol. The van der Waals surface area contributed by atoms with Crippen LogP contribution in [-0.2, 0) is 6.54 Å². The number of aromatic amines is 1. The van der Waals surface area contributed by atoms with Gasteiger partial charge in [-0.15, -0.1) is 11.8 Å². The Bertz CT molecular complexity index is 479. The summed E-state index contributed by atoms with van der Waals surface area (Å²) in [6.07, 6.45) is 5.46. The maximum atomic E-state index is 11.8. The number of nitrogens with one attached hydrogen (secondary N) is 2. The van der Waals surface area contributed by atoms with E-state index in [1.54, 1.807) is 24.2 Å². The van der Waals surface area contributed by atoms with Crippen molar-refractivity contribution in [2.24, 2.45) is 0 Å². The van der Waals surface area contributed by atoms with Gasteiger partial charge in [0.15, 0.2) is 0 Å². The molecule has 17 heavy (non-hydrogen) atoms. The summed E-state index contributed by atoms with van der Waals surface area (Å²) in [6.45, 7) is 0.486. The molecule has 0 aliphatic rings. The lowest BCUT2D eigenvalue weighted by molar-refractivity contribution is 0.0951. The van der Waals surface area contributed by atoms with Gasteiger partial charge in [0, 0.05) is 28.8 Å². The molecule has 1 heterocycles. The van der Waals surface area contributed by atoms with Crippen LogP contribution < -0.4 is 5.32 Å². The first-order valence-electron chi connectivity index (χ1n) is 5.19. The summed E-state index contributed by atoms with van der Waals surface area (Å²) in [5, 5.41) is 9.35. The molecule has 2 aromatic rings. The van der Waals surface area contributed by atoms with Gasteiger partial charge in [0.1, 0.15) is 0 Å². The van der Waals surface area contributed by atoms with E-state index in [-0.39, 0.29) is 5.91 Å². The molecule has 0 aliphatic heterocycles. The second-order valence-corrected chi connectivity index (χ2v) is 4.40. The fourth-order valence-electron chi connectivity index (χ4n) is 1.40. The second-order valence-electron chi connectivity index (χ2n) is 3.52. The first-order chi connectivity index (χ1) is 8.29. The van der Waals surface area contributed by atoms with E-state index in [2.05, 4.69) is 15.5 Å². The number of benzene rings is 1. The van der Waals surface area contributed by atoms with Crippen LogP contribution in [0.4, 0.5) is 0 Å². The Balaban J connectivity index is 1.95. The Morgan fingerprint density at radius 2 is 2.18 bits per heavy atom. The topological polar surface area (TPSA) is 57.8 Å². The molecule has 1 aromatic heterocycles. The highest BCUT2D eigenvalue weighted by Crippen LogP contribution is 2.14. The summed E-state index contributed by atoms with van der Waals surface area (Å²) in [5.41, 5.74) is 1.63. The van der Waals surface area contributed by atoms with Crippen molar-refractivity contribution in [3.8, 4) is 0 Å². The molecule has 1 aromatic carbocycles. The van der Waals surface area contributed by atoms with Crippen LogP contribution in [-0.4, -0.2) is 22.4 Å². The van der Waals surface area contributed by atoms with Crippen molar-refractivity contribution in [3.63, 3.8) is 0 Å². The third kappa shape index (κ3) is 3.10. The number of amides is 1. The lowest BCUT2D eigenvalue weighted by atomic mass is 10.2. The summed E-state index contributed by atoms with van der Waals surface area (Å²) in [4.78, 5) is 12.9. The molecule has 5 heteroatoms. The lowest BCUT2D eigenvalue weighted by Gasteiger charge is -2.04. The summed E-state index contributed by atoms with van der Waals surface area (Å²) < 4.78 is 0. The minimum absolute atomic E-state index is 0.0705. The van der Waals surface area contributed by atoms with Gasteiger partial charge in [-0.25, -0.2) is 0 Å². The molecule has 0 bridgehead atoms. The Kier molecular flexibility index (Phi) is 3.82. The Hall–Kier alpha value is -1.75. The third-order valence-corrected chi connectivity index (χ3v) is 3.10. The van der Waals surface area contributed by atoms with Crippen LogP contribution in [0.2, 0.25) is 0 Å². The van der Waals surface area contributed by atoms with Gasteiger partial charge < -0.3 is 5.32 Å². The van der Waals surface area contributed by atoms with E-state index in [9.17, 15) is 4.79 Å². The van der Waals surface area contributed by atoms with E-state index in [1.165, 1.54) is 0 Å². The lowest BCUT2D eigenvalue weighted by Crippen LogP contribution is -2.22. The minimum Gasteiger partial charge on any atom is -0.348 e. The van der Waals surface area contributed by atoms with Crippen LogP contribution in [0.15, 0.2) is 41.6 Å². The van der Waals surface area contributed by atoms with Crippen molar-refractivity contribution in [3.05, 3.63) is 47.8 Å². The molecular formula is C12H13N3OS. The zero-order valence-electron chi connectivity index (χ0n) is 9.43. The Morgan fingerprint density at radius 1 is 1.41 bits per heavy atom. The highest BCUT2D eigenvalue weighted by atomic mass is 32.2. The molecule has 0 fully saturated rings. The standard InChI is InChI=1S/C12H13N3OS/c1-17-11-4-2-10(3-5-11)12(16)13-6-9-7-14-15-8-9/h2-5,7-8H,6H2,1H3,(H,13,16)(H,14,15). The molecule has 2 N–H and O–H groups in total. The molecule has 0 saturated heterocycles. The van der Waals surface area contributed by atoms with E-state index in [0.717, 1.165) is 10.5 Å². The molecule has 88 valence electrons.